The fourth-order valence-electron chi connectivity index (χ4n) is 3.56. The molecule has 0 spiro atoms. The molecule has 174 valence electrons. The normalized spacial score (nSPS) is 14.7. The van der Waals surface area contributed by atoms with Gasteiger partial charge in [-0.2, -0.15) is 9.29 Å². The predicted molar refractivity (Wildman–Crippen MR) is 119 cm³/mol. The lowest BCUT2D eigenvalue weighted by Crippen LogP contribution is -2.35. The van der Waals surface area contributed by atoms with Gasteiger partial charge in [0, 0.05) is 18.7 Å². The molecule has 0 bridgehead atoms. The first-order valence-corrected chi connectivity index (χ1v) is 12.1. The van der Waals surface area contributed by atoms with Gasteiger partial charge in [0.25, 0.3) is 5.89 Å². The number of carbonyl (C=O) groups excluding carboxylic acids is 1. The van der Waals surface area contributed by atoms with Gasteiger partial charge < -0.3 is 14.0 Å². The van der Waals surface area contributed by atoms with Gasteiger partial charge in [0.15, 0.2) is 6.61 Å². The van der Waals surface area contributed by atoms with Crippen molar-refractivity contribution in [2.45, 2.75) is 37.2 Å². The van der Waals surface area contributed by atoms with Crippen molar-refractivity contribution < 1.29 is 27.2 Å². The lowest BCUT2D eigenvalue weighted by Gasteiger charge is -2.25. The molecule has 1 saturated heterocycles. The molecular weight excluding hydrogens is 446 g/mol. The smallest absolute Gasteiger partial charge is 0.310 e. The Balaban J connectivity index is 1.30. The summed E-state index contributed by atoms with van der Waals surface area (Å²) in [7, 11) is -1.91. The van der Waals surface area contributed by atoms with Crippen LogP contribution < -0.4 is 4.74 Å². The van der Waals surface area contributed by atoms with E-state index in [9.17, 15) is 13.2 Å². The summed E-state index contributed by atoms with van der Waals surface area (Å²) in [4.78, 5) is 16.7. The second kappa shape index (κ2) is 10.1. The third-order valence-electron chi connectivity index (χ3n) is 5.39. The molecule has 2 heterocycles. The molecule has 0 unspecified atom stereocenters. The zero-order valence-electron chi connectivity index (χ0n) is 18.3. The second-order valence-electron chi connectivity index (χ2n) is 7.69. The van der Waals surface area contributed by atoms with Crippen LogP contribution in [0.2, 0.25) is 0 Å². The van der Waals surface area contributed by atoms with E-state index in [-0.39, 0.29) is 23.7 Å². The number of aromatic nitrogens is 2. The van der Waals surface area contributed by atoms with Gasteiger partial charge in [-0.25, -0.2) is 8.42 Å². The number of piperidine rings is 1. The van der Waals surface area contributed by atoms with Crippen molar-refractivity contribution in [1.82, 2.24) is 14.4 Å². The van der Waals surface area contributed by atoms with Gasteiger partial charge in [-0.15, -0.1) is 0 Å². The van der Waals surface area contributed by atoms with E-state index in [1.54, 1.807) is 43.5 Å². The number of hydrogen-bond acceptors (Lipinski definition) is 8. The Labute approximate surface area is 192 Å². The van der Waals surface area contributed by atoms with Crippen molar-refractivity contribution in [3.63, 3.8) is 0 Å². The molecule has 4 rings (SSSR count). The van der Waals surface area contributed by atoms with Gasteiger partial charge in [-0.1, -0.05) is 23.7 Å². The van der Waals surface area contributed by atoms with Gasteiger partial charge in [-0.3, -0.25) is 4.79 Å². The highest BCUT2D eigenvalue weighted by molar-refractivity contribution is 7.89. The maximum Gasteiger partial charge on any atom is 0.310 e. The monoisotopic (exact) mass is 471 g/mol. The molecular formula is C23H25N3O6S. The van der Waals surface area contributed by atoms with E-state index in [4.69, 9.17) is 14.0 Å². The standard InChI is InChI=1S/C23H25N3O6S/c1-30-19-9-7-18(8-10-19)23-24-21(25-32-23)16-31-22(27)15-17-5-11-20(12-6-17)33(28,29)26-13-3-2-4-14-26/h5-12H,2-4,13-16H2,1H3. The van der Waals surface area contributed by atoms with E-state index in [0.29, 0.717) is 30.3 Å². The number of sulfonamides is 1. The van der Waals surface area contributed by atoms with Gasteiger partial charge >= 0.3 is 5.97 Å². The van der Waals surface area contributed by atoms with Crippen molar-refractivity contribution in [2.24, 2.45) is 0 Å². The molecule has 3 aromatic rings. The van der Waals surface area contributed by atoms with Gasteiger partial charge in [0.2, 0.25) is 15.8 Å². The summed E-state index contributed by atoms with van der Waals surface area (Å²) in [5.74, 6) is 0.799. The highest BCUT2D eigenvalue weighted by Gasteiger charge is 2.25. The summed E-state index contributed by atoms with van der Waals surface area (Å²) in [5.41, 5.74) is 1.38. The highest BCUT2D eigenvalue weighted by Crippen LogP contribution is 2.22. The molecule has 9 nitrogen and oxygen atoms in total. The summed E-state index contributed by atoms with van der Waals surface area (Å²) in [6, 6.07) is 13.5. The summed E-state index contributed by atoms with van der Waals surface area (Å²) in [5, 5.41) is 3.83. The number of esters is 1. The molecule has 10 heteroatoms. The van der Waals surface area contributed by atoms with Crippen molar-refractivity contribution in [3.05, 3.63) is 59.9 Å². The first-order chi connectivity index (χ1) is 16.0. The predicted octanol–water partition coefficient (Wildman–Crippen LogP) is 3.21. The molecule has 33 heavy (non-hydrogen) atoms. The zero-order chi connectivity index (χ0) is 23.3. The SMILES string of the molecule is COc1ccc(-c2nc(COC(=O)Cc3ccc(S(=O)(=O)N4CCCCC4)cc3)no2)cc1. The third-order valence-corrected chi connectivity index (χ3v) is 7.30. The Hall–Kier alpha value is -3.24. The Morgan fingerprint density at radius 1 is 1.03 bits per heavy atom. The molecule has 0 aliphatic carbocycles. The minimum atomic E-state index is -3.49. The van der Waals surface area contributed by atoms with Crippen molar-refractivity contribution >= 4 is 16.0 Å². The molecule has 0 amide bonds. The number of methoxy groups -OCH3 is 1. The van der Waals surface area contributed by atoms with E-state index in [1.807, 2.05) is 0 Å². The molecule has 1 aromatic heterocycles. The van der Waals surface area contributed by atoms with E-state index in [1.165, 1.54) is 16.4 Å². The lowest BCUT2D eigenvalue weighted by molar-refractivity contribution is -0.144. The lowest BCUT2D eigenvalue weighted by atomic mass is 10.1. The quantitative estimate of drug-likeness (QED) is 0.461. The maximum absolute atomic E-state index is 12.7. The summed E-state index contributed by atoms with van der Waals surface area (Å²) in [6.07, 6.45) is 2.82. The fraction of sp³-hybridized carbons (Fsp3) is 0.348. The number of carbonyl (C=O) groups is 1. The third kappa shape index (κ3) is 5.58. The first-order valence-electron chi connectivity index (χ1n) is 10.7. The molecule has 2 aromatic carbocycles. The fourth-order valence-corrected chi connectivity index (χ4v) is 5.08. The Morgan fingerprint density at radius 3 is 2.39 bits per heavy atom. The number of nitrogens with zero attached hydrogens (tertiary/aromatic N) is 3. The molecule has 0 radical (unpaired) electrons. The Kier molecular flexibility index (Phi) is 7.05. The second-order valence-corrected chi connectivity index (χ2v) is 9.63. The average Bonchev–Trinajstić information content (AvgIpc) is 3.33. The van der Waals surface area contributed by atoms with Crippen LogP contribution in [0.1, 0.15) is 30.7 Å². The van der Waals surface area contributed by atoms with Crippen LogP contribution in [-0.2, 0) is 32.6 Å². The van der Waals surface area contributed by atoms with E-state index >= 15 is 0 Å². The van der Waals surface area contributed by atoms with E-state index < -0.39 is 16.0 Å². The highest BCUT2D eigenvalue weighted by atomic mass is 32.2. The first kappa shape index (κ1) is 22.9. The topological polar surface area (TPSA) is 112 Å². The van der Waals surface area contributed by atoms with Crippen LogP contribution in [0.3, 0.4) is 0 Å². The van der Waals surface area contributed by atoms with Crippen LogP contribution in [0.4, 0.5) is 0 Å². The van der Waals surface area contributed by atoms with Crippen LogP contribution in [0, 0.1) is 0 Å². The molecule has 1 aliphatic rings. The molecule has 0 saturated carbocycles. The van der Waals surface area contributed by atoms with E-state index in [2.05, 4.69) is 10.1 Å². The molecule has 0 N–H and O–H groups in total. The number of hydrogen-bond donors (Lipinski definition) is 0. The van der Waals surface area contributed by atoms with Crippen LogP contribution in [-0.4, -0.2) is 49.0 Å². The van der Waals surface area contributed by atoms with E-state index in [0.717, 1.165) is 24.8 Å². The largest absolute Gasteiger partial charge is 0.497 e. The van der Waals surface area contributed by atoms with Crippen molar-refractivity contribution in [2.75, 3.05) is 20.2 Å². The average molecular weight is 472 g/mol. The van der Waals surface area contributed by atoms with Crippen LogP contribution in [0.5, 0.6) is 5.75 Å². The number of rotatable bonds is 8. The zero-order valence-corrected chi connectivity index (χ0v) is 19.1. The minimum Gasteiger partial charge on any atom is -0.497 e. The molecule has 0 atom stereocenters. The Bertz CT molecular complexity index is 1180. The number of ether oxygens (including phenoxy) is 2. The molecule has 1 fully saturated rings. The minimum absolute atomic E-state index is 0.00717. The van der Waals surface area contributed by atoms with Gasteiger partial charge in [-0.05, 0) is 54.8 Å². The molecule has 1 aliphatic heterocycles. The summed E-state index contributed by atoms with van der Waals surface area (Å²) < 4.78 is 42.5. The number of benzene rings is 2. The maximum atomic E-state index is 12.7. The van der Waals surface area contributed by atoms with Gasteiger partial charge in [0.05, 0.1) is 18.4 Å². The Morgan fingerprint density at radius 2 is 1.73 bits per heavy atom. The van der Waals surface area contributed by atoms with Crippen LogP contribution in [0.15, 0.2) is 57.9 Å². The van der Waals surface area contributed by atoms with Crippen molar-refractivity contribution in [3.8, 4) is 17.2 Å². The van der Waals surface area contributed by atoms with Crippen LogP contribution >= 0.6 is 0 Å². The van der Waals surface area contributed by atoms with Crippen molar-refractivity contribution in [1.29, 1.82) is 0 Å². The van der Waals surface area contributed by atoms with Gasteiger partial charge in [0.1, 0.15) is 5.75 Å². The summed E-state index contributed by atoms with van der Waals surface area (Å²) in [6.45, 7) is 0.971. The summed E-state index contributed by atoms with van der Waals surface area (Å²) >= 11 is 0. The van der Waals surface area contributed by atoms with Crippen LogP contribution in [0.25, 0.3) is 11.5 Å².